The van der Waals surface area contributed by atoms with Crippen LogP contribution in [-0.2, 0) is 6.42 Å². The molecule has 0 aliphatic carbocycles. The average Bonchev–Trinajstić information content (AvgIpc) is 2.92. The Balaban J connectivity index is 1.84. The summed E-state index contributed by atoms with van der Waals surface area (Å²) in [7, 11) is 0. The zero-order chi connectivity index (χ0) is 16.4. The highest BCUT2D eigenvalue weighted by Crippen LogP contribution is 2.18. The largest absolute Gasteiger partial charge is 0.368 e. The van der Waals surface area contributed by atoms with Gasteiger partial charge < -0.3 is 5.73 Å². The highest BCUT2D eigenvalue weighted by atomic mass is 35.5. The van der Waals surface area contributed by atoms with Crippen LogP contribution in [0.2, 0.25) is 5.02 Å². The van der Waals surface area contributed by atoms with E-state index < -0.39 is 0 Å². The fraction of sp³-hybridized carbons (Fsp3) is 0.0625. The Bertz CT molecular complexity index is 844. The lowest BCUT2D eigenvalue weighted by Crippen LogP contribution is -2.17. The first kappa shape index (κ1) is 15.2. The van der Waals surface area contributed by atoms with Crippen LogP contribution in [0.15, 0.2) is 48.5 Å². The number of hydrogen-bond donors (Lipinski definition) is 1. The molecule has 0 radical (unpaired) electrons. The molecule has 0 aliphatic rings. The van der Waals surface area contributed by atoms with Crippen molar-refractivity contribution in [3.8, 4) is 11.4 Å². The summed E-state index contributed by atoms with van der Waals surface area (Å²) in [5, 5.41) is 4.70. The number of anilines is 1. The van der Waals surface area contributed by atoms with E-state index in [0.29, 0.717) is 10.6 Å². The van der Waals surface area contributed by atoms with Crippen LogP contribution >= 0.6 is 11.6 Å². The Kier molecular flexibility index (Phi) is 4.08. The molecule has 0 fully saturated rings. The summed E-state index contributed by atoms with van der Waals surface area (Å²) in [5.41, 5.74) is 7.13. The van der Waals surface area contributed by atoms with Crippen LogP contribution < -0.4 is 5.73 Å². The van der Waals surface area contributed by atoms with Gasteiger partial charge in [-0.25, -0.2) is 4.39 Å². The van der Waals surface area contributed by atoms with Crippen LogP contribution in [0.1, 0.15) is 10.4 Å². The predicted molar refractivity (Wildman–Crippen MR) is 85.6 cm³/mol. The molecule has 116 valence electrons. The molecule has 0 spiro atoms. The molecule has 0 saturated carbocycles. The third-order valence-electron chi connectivity index (χ3n) is 3.24. The molecule has 3 aromatic rings. The summed E-state index contributed by atoms with van der Waals surface area (Å²) < 4.78 is 14.0. The van der Waals surface area contributed by atoms with Crippen molar-refractivity contribution in [2.75, 3.05) is 5.73 Å². The van der Waals surface area contributed by atoms with Crippen LogP contribution in [0.4, 0.5) is 10.3 Å². The minimum absolute atomic E-state index is 0.0108. The number of nitrogen functional groups attached to an aromatic ring is 1. The summed E-state index contributed by atoms with van der Waals surface area (Å²) in [4.78, 5) is 16.4. The molecule has 3 rings (SSSR count). The molecule has 7 heteroatoms. The van der Waals surface area contributed by atoms with Gasteiger partial charge in [0.15, 0.2) is 5.82 Å². The molecule has 0 saturated heterocycles. The zero-order valence-electron chi connectivity index (χ0n) is 11.9. The van der Waals surface area contributed by atoms with E-state index >= 15 is 0 Å². The molecular formula is C16H12ClFN4O. The third-order valence-corrected chi connectivity index (χ3v) is 3.49. The van der Waals surface area contributed by atoms with Crippen molar-refractivity contribution < 1.29 is 9.18 Å². The highest BCUT2D eigenvalue weighted by Gasteiger charge is 2.15. The number of carbonyl (C=O) groups excluding carboxylic acids is 1. The minimum atomic E-state index is -0.361. The lowest BCUT2D eigenvalue weighted by Gasteiger charge is -2.02. The van der Waals surface area contributed by atoms with Gasteiger partial charge in [0.25, 0.3) is 5.91 Å². The van der Waals surface area contributed by atoms with Crippen molar-refractivity contribution in [2.24, 2.45) is 0 Å². The first-order chi connectivity index (χ1) is 11.0. The molecular weight excluding hydrogens is 319 g/mol. The topological polar surface area (TPSA) is 73.8 Å². The fourth-order valence-corrected chi connectivity index (χ4v) is 2.21. The Hall–Kier alpha value is -2.73. The monoisotopic (exact) mass is 330 g/mol. The zero-order valence-corrected chi connectivity index (χ0v) is 12.7. The van der Waals surface area contributed by atoms with Crippen molar-refractivity contribution >= 4 is 23.5 Å². The number of aromatic nitrogens is 3. The molecule has 1 heterocycles. The van der Waals surface area contributed by atoms with Gasteiger partial charge in [-0.1, -0.05) is 23.7 Å². The maximum Gasteiger partial charge on any atom is 0.254 e. The fourth-order valence-electron chi connectivity index (χ4n) is 2.08. The summed E-state index contributed by atoms with van der Waals surface area (Å²) in [5.74, 6) is -0.416. The van der Waals surface area contributed by atoms with Crippen LogP contribution in [0.5, 0.6) is 0 Å². The number of benzene rings is 2. The van der Waals surface area contributed by atoms with Gasteiger partial charge >= 0.3 is 0 Å². The van der Waals surface area contributed by atoms with E-state index in [1.807, 2.05) is 0 Å². The summed E-state index contributed by atoms with van der Waals surface area (Å²) in [6, 6.07) is 12.6. The van der Waals surface area contributed by atoms with Crippen molar-refractivity contribution in [1.82, 2.24) is 14.8 Å². The summed E-state index contributed by atoms with van der Waals surface area (Å²) in [6.45, 7) is 0. The summed E-state index contributed by atoms with van der Waals surface area (Å²) in [6.07, 6.45) is 0.119. The van der Waals surface area contributed by atoms with E-state index in [0.717, 1.165) is 10.2 Å². The van der Waals surface area contributed by atoms with Gasteiger partial charge in [-0.05, 0) is 42.0 Å². The number of halogens is 2. The Morgan fingerprint density at radius 1 is 1.13 bits per heavy atom. The van der Waals surface area contributed by atoms with E-state index in [2.05, 4.69) is 10.1 Å². The van der Waals surface area contributed by atoms with Crippen molar-refractivity contribution in [3.63, 3.8) is 0 Å². The molecule has 1 aromatic heterocycles. The smallest absolute Gasteiger partial charge is 0.254 e. The molecule has 0 atom stereocenters. The van der Waals surface area contributed by atoms with Crippen LogP contribution in [0, 0.1) is 5.82 Å². The van der Waals surface area contributed by atoms with Gasteiger partial charge in [-0.3, -0.25) is 4.79 Å². The number of hydrogen-bond acceptors (Lipinski definition) is 4. The van der Waals surface area contributed by atoms with Crippen LogP contribution in [0.25, 0.3) is 11.4 Å². The Morgan fingerprint density at radius 3 is 2.43 bits per heavy atom. The molecule has 5 nitrogen and oxygen atoms in total. The normalized spacial score (nSPS) is 10.7. The molecule has 0 amide bonds. The second kappa shape index (κ2) is 6.18. The van der Waals surface area contributed by atoms with Gasteiger partial charge in [0.05, 0.1) is 6.42 Å². The van der Waals surface area contributed by atoms with Crippen LogP contribution in [-0.4, -0.2) is 20.7 Å². The SMILES string of the molecule is Nc1nc(-c2ccc(F)cc2)nn1C(=O)Cc1ccc(Cl)cc1. The molecule has 0 unspecified atom stereocenters. The maximum absolute atomic E-state index is 13.0. The number of nitrogens with zero attached hydrogens (tertiary/aromatic N) is 3. The van der Waals surface area contributed by atoms with Gasteiger partial charge in [0.2, 0.25) is 5.95 Å². The first-order valence-electron chi connectivity index (χ1n) is 6.79. The van der Waals surface area contributed by atoms with Gasteiger partial charge in [-0.2, -0.15) is 9.67 Å². The molecule has 23 heavy (non-hydrogen) atoms. The van der Waals surface area contributed by atoms with Crippen molar-refractivity contribution in [2.45, 2.75) is 6.42 Å². The lowest BCUT2D eigenvalue weighted by atomic mass is 10.1. The van der Waals surface area contributed by atoms with E-state index in [1.165, 1.54) is 24.3 Å². The van der Waals surface area contributed by atoms with Gasteiger partial charge in [-0.15, -0.1) is 5.10 Å². The first-order valence-corrected chi connectivity index (χ1v) is 7.17. The molecule has 0 bridgehead atoms. The number of nitrogens with two attached hydrogens (primary N) is 1. The maximum atomic E-state index is 13.0. The van der Waals surface area contributed by atoms with E-state index in [4.69, 9.17) is 17.3 Å². The average molecular weight is 331 g/mol. The second-order valence-electron chi connectivity index (χ2n) is 4.91. The Morgan fingerprint density at radius 2 is 1.78 bits per heavy atom. The Labute approximate surface area is 136 Å². The predicted octanol–water partition coefficient (Wildman–Crippen LogP) is 3.20. The van der Waals surface area contributed by atoms with Crippen LogP contribution in [0.3, 0.4) is 0 Å². The molecule has 2 N–H and O–H groups in total. The lowest BCUT2D eigenvalue weighted by molar-refractivity contribution is 0.0901. The van der Waals surface area contributed by atoms with E-state index in [9.17, 15) is 9.18 Å². The number of rotatable bonds is 3. The van der Waals surface area contributed by atoms with Gasteiger partial charge in [0, 0.05) is 10.6 Å². The summed E-state index contributed by atoms with van der Waals surface area (Å²) >= 11 is 5.81. The quantitative estimate of drug-likeness (QED) is 0.800. The third kappa shape index (κ3) is 3.37. The van der Waals surface area contributed by atoms with E-state index in [-0.39, 0.29) is 29.9 Å². The second-order valence-corrected chi connectivity index (χ2v) is 5.35. The number of carbonyl (C=O) groups is 1. The minimum Gasteiger partial charge on any atom is -0.368 e. The van der Waals surface area contributed by atoms with Crippen molar-refractivity contribution in [1.29, 1.82) is 0 Å². The van der Waals surface area contributed by atoms with E-state index in [1.54, 1.807) is 24.3 Å². The van der Waals surface area contributed by atoms with Crippen molar-refractivity contribution in [3.05, 3.63) is 64.9 Å². The highest BCUT2D eigenvalue weighted by molar-refractivity contribution is 6.30. The molecule has 0 aliphatic heterocycles. The standard InChI is InChI=1S/C16H12ClFN4O/c17-12-5-1-10(2-6-12)9-14(23)22-16(19)20-15(21-22)11-3-7-13(18)8-4-11/h1-8H,9H2,(H2,19,20,21). The van der Waals surface area contributed by atoms with Gasteiger partial charge in [0.1, 0.15) is 5.82 Å². The molecule has 2 aromatic carbocycles.